The number of nitrogens with two attached hydrogens (primary N) is 1. The fourth-order valence-electron chi connectivity index (χ4n) is 1.68. The Kier molecular flexibility index (Phi) is 3.32. The number of anilines is 1. The van der Waals surface area contributed by atoms with E-state index in [2.05, 4.69) is 11.4 Å². The predicted molar refractivity (Wildman–Crippen MR) is 62.6 cm³/mol. The van der Waals surface area contributed by atoms with Crippen LogP contribution in [0.15, 0.2) is 29.2 Å². The molecule has 1 aliphatic heterocycles. The Morgan fingerprint density at radius 1 is 1.43 bits per heavy atom. The Labute approximate surface area is 89.3 Å². The summed E-state index contributed by atoms with van der Waals surface area (Å²) >= 11 is 1.88. The van der Waals surface area contributed by atoms with Gasteiger partial charge in [0.2, 0.25) is 0 Å². The standard InChI is InChI=1S/C11H16N2S/c12-10-3-1-2-4-11(10)14-8-9-5-6-13-7-9/h1-4,9,13H,5-8,12H2. The van der Waals surface area contributed by atoms with Gasteiger partial charge in [-0.25, -0.2) is 0 Å². The lowest BCUT2D eigenvalue weighted by atomic mass is 10.2. The van der Waals surface area contributed by atoms with Crippen molar-refractivity contribution in [2.24, 2.45) is 5.92 Å². The van der Waals surface area contributed by atoms with E-state index in [9.17, 15) is 0 Å². The molecule has 0 saturated carbocycles. The van der Waals surface area contributed by atoms with Crippen LogP contribution in [0.4, 0.5) is 5.69 Å². The lowest BCUT2D eigenvalue weighted by Crippen LogP contribution is -2.10. The van der Waals surface area contributed by atoms with Gasteiger partial charge in [-0.2, -0.15) is 0 Å². The van der Waals surface area contributed by atoms with Crippen LogP contribution < -0.4 is 11.1 Å². The molecule has 2 nitrogen and oxygen atoms in total. The van der Waals surface area contributed by atoms with E-state index in [0.29, 0.717) is 0 Å². The topological polar surface area (TPSA) is 38.0 Å². The van der Waals surface area contributed by atoms with Crippen LogP contribution in [0.3, 0.4) is 0 Å². The molecule has 1 atom stereocenters. The van der Waals surface area contributed by atoms with Crippen LogP contribution >= 0.6 is 11.8 Å². The predicted octanol–water partition coefficient (Wildman–Crippen LogP) is 1.97. The molecule has 0 bridgehead atoms. The van der Waals surface area contributed by atoms with Crippen molar-refractivity contribution in [1.82, 2.24) is 5.32 Å². The lowest BCUT2D eigenvalue weighted by molar-refractivity contribution is 0.663. The van der Waals surface area contributed by atoms with Gasteiger partial charge in [0.1, 0.15) is 0 Å². The van der Waals surface area contributed by atoms with Gasteiger partial charge in [-0.05, 0) is 37.6 Å². The molecular formula is C11H16N2S. The van der Waals surface area contributed by atoms with Crippen LogP contribution in [0.25, 0.3) is 0 Å². The molecular weight excluding hydrogens is 192 g/mol. The zero-order valence-electron chi connectivity index (χ0n) is 8.20. The van der Waals surface area contributed by atoms with Crippen LogP contribution in [0, 0.1) is 5.92 Å². The first-order valence-electron chi connectivity index (χ1n) is 5.04. The van der Waals surface area contributed by atoms with Crippen LogP contribution in [0.1, 0.15) is 6.42 Å². The van der Waals surface area contributed by atoms with Gasteiger partial charge in [0.05, 0.1) is 0 Å². The minimum atomic E-state index is 0.819. The molecule has 1 unspecified atom stereocenters. The molecule has 3 N–H and O–H groups in total. The van der Waals surface area contributed by atoms with E-state index in [4.69, 9.17) is 5.73 Å². The van der Waals surface area contributed by atoms with Crippen molar-refractivity contribution >= 4 is 17.4 Å². The van der Waals surface area contributed by atoms with E-state index < -0.39 is 0 Å². The maximum absolute atomic E-state index is 5.87. The molecule has 14 heavy (non-hydrogen) atoms. The zero-order valence-corrected chi connectivity index (χ0v) is 9.02. The summed E-state index contributed by atoms with van der Waals surface area (Å²) in [4.78, 5) is 1.22. The highest BCUT2D eigenvalue weighted by molar-refractivity contribution is 7.99. The van der Waals surface area contributed by atoms with Crippen LogP contribution in [-0.4, -0.2) is 18.8 Å². The largest absolute Gasteiger partial charge is 0.398 e. The first-order chi connectivity index (χ1) is 6.86. The molecule has 1 saturated heterocycles. The van der Waals surface area contributed by atoms with Gasteiger partial charge in [0.25, 0.3) is 0 Å². The number of para-hydroxylation sites is 1. The summed E-state index contributed by atoms with van der Waals surface area (Å²) in [7, 11) is 0. The van der Waals surface area contributed by atoms with Crippen LogP contribution in [0.5, 0.6) is 0 Å². The van der Waals surface area contributed by atoms with E-state index >= 15 is 0 Å². The van der Waals surface area contributed by atoms with Crippen molar-refractivity contribution < 1.29 is 0 Å². The Bertz CT molecular complexity index is 295. The number of hydrogen-bond acceptors (Lipinski definition) is 3. The normalized spacial score (nSPS) is 21.3. The minimum Gasteiger partial charge on any atom is -0.398 e. The molecule has 3 heteroatoms. The van der Waals surface area contributed by atoms with Crippen molar-refractivity contribution in [3.63, 3.8) is 0 Å². The maximum Gasteiger partial charge on any atom is 0.0452 e. The van der Waals surface area contributed by atoms with Gasteiger partial charge in [-0.15, -0.1) is 11.8 Å². The third kappa shape index (κ3) is 2.42. The van der Waals surface area contributed by atoms with Crippen molar-refractivity contribution in [2.45, 2.75) is 11.3 Å². The molecule has 1 aliphatic rings. The minimum absolute atomic E-state index is 0.819. The highest BCUT2D eigenvalue weighted by atomic mass is 32.2. The van der Waals surface area contributed by atoms with Gasteiger partial charge in [-0.1, -0.05) is 12.1 Å². The Morgan fingerprint density at radius 3 is 3.00 bits per heavy atom. The smallest absolute Gasteiger partial charge is 0.0452 e. The summed E-state index contributed by atoms with van der Waals surface area (Å²) < 4.78 is 0. The van der Waals surface area contributed by atoms with Crippen molar-refractivity contribution in [3.05, 3.63) is 24.3 Å². The van der Waals surface area contributed by atoms with E-state index in [1.54, 1.807) is 0 Å². The monoisotopic (exact) mass is 208 g/mol. The number of rotatable bonds is 3. The quantitative estimate of drug-likeness (QED) is 0.589. The number of thioether (sulfide) groups is 1. The summed E-state index contributed by atoms with van der Waals surface area (Å²) in [6, 6.07) is 8.10. The lowest BCUT2D eigenvalue weighted by Gasteiger charge is -2.08. The molecule has 1 aromatic rings. The van der Waals surface area contributed by atoms with E-state index in [-0.39, 0.29) is 0 Å². The Hall–Kier alpha value is -0.670. The van der Waals surface area contributed by atoms with E-state index in [1.165, 1.54) is 30.2 Å². The van der Waals surface area contributed by atoms with Crippen molar-refractivity contribution in [3.8, 4) is 0 Å². The molecule has 0 amide bonds. The van der Waals surface area contributed by atoms with Crippen molar-refractivity contribution in [2.75, 3.05) is 24.6 Å². The first kappa shape index (κ1) is 9.87. The molecule has 1 heterocycles. The Balaban J connectivity index is 1.88. The highest BCUT2D eigenvalue weighted by Gasteiger charge is 2.14. The highest BCUT2D eigenvalue weighted by Crippen LogP contribution is 2.27. The fourth-order valence-corrected chi connectivity index (χ4v) is 2.79. The molecule has 0 aliphatic carbocycles. The van der Waals surface area contributed by atoms with Gasteiger partial charge < -0.3 is 11.1 Å². The second-order valence-electron chi connectivity index (χ2n) is 3.71. The number of nitrogens with one attached hydrogen (secondary N) is 1. The molecule has 0 spiro atoms. The third-order valence-corrected chi connectivity index (χ3v) is 3.88. The average molecular weight is 208 g/mol. The third-order valence-electron chi connectivity index (χ3n) is 2.56. The van der Waals surface area contributed by atoms with Gasteiger partial charge >= 0.3 is 0 Å². The van der Waals surface area contributed by atoms with E-state index in [0.717, 1.165) is 11.6 Å². The SMILES string of the molecule is Nc1ccccc1SCC1CCNC1. The summed E-state index contributed by atoms with van der Waals surface area (Å²) in [6.07, 6.45) is 1.31. The molecule has 2 rings (SSSR count). The summed E-state index contributed by atoms with van der Waals surface area (Å²) in [5.74, 6) is 2.00. The summed E-state index contributed by atoms with van der Waals surface area (Å²) in [5.41, 5.74) is 6.77. The molecule has 0 aromatic heterocycles. The second-order valence-corrected chi connectivity index (χ2v) is 4.77. The van der Waals surface area contributed by atoms with Gasteiger partial charge in [0.15, 0.2) is 0 Å². The average Bonchev–Trinajstić information content (AvgIpc) is 2.69. The van der Waals surface area contributed by atoms with Crippen molar-refractivity contribution in [1.29, 1.82) is 0 Å². The number of nitrogen functional groups attached to an aromatic ring is 1. The first-order valence-corrected chi connectivity index (χ1v) is 6.03. The van der Waals surface area contributed by atoms with Gasteiger partial charge in [0, 0.05) is 16.3 Å². The molecule has 0 radical (unpaired) electrons. The fraction of sp³-hybridized carbons (Fsp3) is 0.455. The van der Waals surface area contributed by atoms with E-state index in [1.807, 2.05) is 30.0 Å². The maximum atomic E-state index is 5.87. The van der Waals surface area contributed by atoms with Crippen LogP contribution in [-0.2, 0) is 0 Å². The van der Waals surface area contributed by atoms with Gasteiger partial charge in [-0.3, -0.25) is 0 Å². The Morgan fingerprint density at radius 2 is 2.29 bits per heavy atom. The molecule has 76 valence electrons. The second kappa shape index (κ2) is 4.71. The number of hydrogen-bond donors (Lipinski definition) is 2. The summed E-state index contributed by atoms with van der Waals surface area (Å²) in [6.45, 7) is 2.34. The summed E-state index contributed by atoms with van der Waals surface area (Å²) in [5, 5.41) is 3.38. The number of benzene rings is 1. The molecule has 1 fully saturated rings. The molecule has 1 aromatic carbocycles. The zero-order chi connectivity index (χ0) is 9.80. The van der Waals surface area contributed by atoms with Crippen LogP contribution in [0.2, 0.25) is 0 Å².